The average Bonchev–Trinajstić information content (AvgIpc) is 2.68. The summed E-state index contributed by atoms with van der Waals surface area (Å²) in [5.74, 6) is 2.51. The molecule has 0 spiro atoms. The average molecular weight is 392 g/mol. The van der Waals surface area contributed by atoms with Gasteiger partial charge in [0.2, 0.25) is 15.9 Å². The summed E-state index contributed by atoms with van der Waals surface area (Å²) >= 11 is 0. The summed E-state index contributed by atoms with van der Waals surface area (Å²) in [5.41, 5.74) is 0. The molecule has 1 aliphatic heterocycles. The van der Waals surface area contributed by atoms with Crippen LogP contribution in [0.3, 0.4) is 0 Å². The van der Waals surface area contributed by atoms with Crippen LogP contribution in [0.4, 0.5) is 5.82 Å². The summed E-state index contributed by atoms with van der Waals surface area (Å²) in [4.78, 5) is 10.6. The molecule has 1 saturated heterocycles. The van der Waals surface area contributed by atoms with E-state index in [0.717, 1.165) is 5.82 Å². The number of anilines is 1. The summed E-state index contributed by atoms with van der Waals surface area (Å²) in [6.07, 6.45) is 0. The Balaban J connectivity index is 1.54. The lowest BCUT2D eigenvalue weighted by Gasteiger charge is -2.34. The molecule has 2 aromatic rings. The van der Waals surface area contributed by atoms with E-state index in [1.807, 2.05) is 35.2 Å². The molecule has 1 aliphatic rings. The van der Waals surface area contributed by atoms with E-state index in [9.17, 15) is 8.42 Å². The molecule has 9 heteroatoms. The number of para-hydroxylation sites is 1. The molecule has 0 saturated carbocycles. The molecule has 0 N–H and O–H groups in total. The van der Waals surface area contributed by atoms with Gasteiger partial charge >= 0.3 is 0 Å². The molecule has 1 fully saturated rings. The van der Waals surface area contributed by atoms with E-state index >= 15 is 0 Å². The maximum Gasteiger partial charge on any atom is 0.218 e. The number of sulfonamides is 1. The van der Waals surface area contributed by atoms with Crippen LogP contribution in [0.2, 0.25) is 0 Å². The van der Waals surface area contributed by atoms with Crippen molar-refractivity contribution in [2.75, 3.05) is 50.5 Å². The van der Waals surface area contributed by atoms with E-state index < -0.39 is 10.0 Å². The fraction of sp³-hybridized carbons (Fsp3) is 0.444. The van der Waals surface area contributed by atoms with Crippen LogP contribution in [-0.2, 0) is 10.0 Å². The first-order chi connectivity index (χ1) is 13.0. The smallest absolute Gasteiger partial charge is 0.218 e. The lowest BCUT2D eigenvalue weighted by Crippen LogP contribution is -2.50. The predicted molar refractivity (Wildman–Crippen MR) is 103 cm³/mol. The zero-order chi connectivity index (χ0) is 19.3. The molecule has 8 nitrogen and oxygen atoms in total. The summed E-state index contributed by atoms with van der Waals surface area (Å²) in [6, 6.07) is 11.0. The molecule has 2 heterocycles. The lowest BCUT2D eigenvalue weighted by molar-refractivity contribution is 0.331. The zero-order valence-corrected chi connectivity index (χ0v) is 16.4. The van der Waals surface area contributed by atoms with Gasteiger partial charge < -0.3 is 14.4 Å². The summed E-state index contributed by atoms with van der Waals surface area (Å²) in [7, 11) is -1.79. The van der Waals surface area contributed by atoms with Crippen LogP contribution in [0, 0.1) is 6.92 Å². The molecule has 0 unspecified atom stereocenters. The highest BCUT2D eigenvalue weighted by atomic mass is 32.2. The minimum Gasteiger partial charge on any atom is -0.492 e. The number of piperazine rings is 1. The van der Waals surface area contributed by atoms with Crippen LogP contribution >= 0.6 is 0 Å². The van der Waals surface area contributed by atoms with Crippen LogP contribution < -0.4 is 14.4 Å². The molecule has 1 aromatic heterocycles. The first kappa shape index (κ1) is 19.4. The molecule has 0 amide bonds. The van der Waals surface area contributed by atoms with E-state index in [2.05, 4.69) is 9.97 Å². The number of ether oxygens (including phenoxy) is 2. The van der Waals surface area contributed by atoms with E-state index in [1.54, 1.807) is 20.1 Å². The molecule has 3 rings (SSSR count). The van der Waals surface area contributed by atoms with Gasteiger partial charge in [-0.1, -0.05) is 18.2 Å². The van der Waals surface area contributed by atoms with Crippen LogP contribution in [0.25, 0.3) is 0 Å². The van der Waals surface area contributed by atoms with Gasteiger partial charge in [0.25, 0.3) is 0 Å². The second-order valence-corrected chi connectivity index (χ2v) is 8.27. The number of hydrogen-bond donors (Lipinski definition) is 0. The number of hydrogen-bond acceptors (Lipinski definition) is 7. The summed E-state index contributed by atoms with van der Waals surface area (Å²) in [5, 5.41) is 0. The third-order valence-corrected chi connectivity index (χ3v) is 6.15. The predicted octanol–water partition coefficient (Wildman–Crippen LogP) is 1.32. The van der Waals surface area contributed by atoms with E-state index in [0.29, 0.717) is 43.6 Å². The number of aryl methyl sites for hydroxylation is 1. The fourth-order valence-electron chi connectivity index (χ4n) is 2.90. The Labute approximate surface area is 159 Å². The van der Waals surface area contributed by atoms with Crippen molar-refractivity contribution in [2.24, 2.45) is 0 Å². The largest absolute Gasteiger partial charge is 0.492 e. The van der Waals surface area contributed by atoms with Crippen molar-refractivity contribution in [3.8, 4) is 11.6 Å². The standard InChI is InChI=1S/C18H24N4O4S/c1-15-19-17(14-18(20-15)25-2)21-8-10-22(11-9-21)27(23,24)13-12-26-16-6-4-3-5-7-16/h3-7,14H,8-13H2,1-2H3. The normalized spacial score (nSPS) is 15.6. The maximum atomic E-state index is 12.6. The van der Waals surface area contributed by atoms with Crippen molar-refractivity contribution in [1.29, 1.82) is 0 Å². The molecule has 0 radical (unpaired) electrons. The molecule has 27 heavy (non-hydrogen) atoms. The molecular weight excluding hydrogens is 368 g/mol. The van der Waals surface area contributed by atoms with Crippen LogP contribution in [0.15, 0.2) is 36.4 Å². The summed E-state index contributed by atoms with van der Waals surface area (Å²) < 4.78 is 37.3. The Bertz CT molecular complexity index is 853. The first-order valence-electron chi connectivity index (χ1n) is 8.78. The Morgan fingerprint density at radius 2 is 1.78 bits per heavy atom. The Hall–Kier alpha value is -2.39. The minimum atomic E-state index is -3.36. The van der Waals surface area contributed by atoms with Crippen molar-refractivity contribution in [3.63, 3.8) is 0 Å². The van der Waals surface area contributed by atoms with Gasteiger partial charge in [0.05, 0.1) is 12.9 Å². The van der Waals surface area contributed by atoms with E-state index in [4.69, 9.17) is 9.47 Å². The van der Waals surface area contributed by atoms with Crippen molar-refractivity contribution in [2.45, 2.75) is 6.92 Å². The van der Waals surface area contributed by atoms with Crippen molar-refractivity contribution in [1.82, 2.24) is 14.3 Å². The molecular formula is C18H24N4O4S. The zero-order valence-electron chi connectivity index (χ0n) is 15.5. The van der Waals surface area contributed by atoms with Crippen LogP contribution in [0.5, 0.6) is 11.6 Å². The van der Waals surface area contributed by atoms with Gasteiger partial charge in [-0.2, -0.15) is 9.29 Å². The van der Waals surface area contributed by atoms with Crippen molar-refractivity contribution < 1.29 is 17.9 Å². The van der Waals surface area contributed by atoms with E-state index in [1.165, 1.54) is 4.31 Å². The molecule has 1 aromatic carbocycles. The highest BCUT2D eigenvalue weighted by Crippen LogP contribution is 2.20. The number of methoxy groups -OCH3 is 1. The Kier molecular flexibility index (Phi) is 6.12. The van der Waals surface area contributed by atoms with Crippen LogP contribution in [-0.4, -0.2) is 68.3 Å². The minimum absolute atomic E-state index is 0.0394. The molecule has 146 valence electrons. The Morgan fingerprint density at radius 1 is 1.07 bits per heavy atom. The van der Waals surface area contributed by atoms with Gasteiger partial charge in [-0.15, -0.1) is 0 Å². The highest BCUT2D eigenvalue weighted by Gasteiger charge is 2.27. The first-order valence-corrected chi connectivity index (χ1v) is 10.4. The number of aromatic nitrogens is 2. The molecule has 0 bridgehead atoms. The maximum absolute atomic E-state index is 12.6. The van der Waals surface area contributed by atoms with Crippen LogP contribution in [0.1, 0.15) is 5.82 Å². The molecule has 0 aliphatic carbocycles. The highest BCUT2D eigenvalue weighted by molar-refractivity contribution is 7.89. The fourth-order valence-corrected chi connectivity index (χ4v) is 4.17. The van der Waals surface area contributed by atoms with Gasteiger partial charge in [0.15, 0.2) is 0 Å². The third kappa shape index (κ3) is 5.08. The number of rotatable bonds is 7. The second kappa shape index (κ2) is 8.53. The molecule has 0 atom stereocenters. The van der Waals surface area contributed by atoms with Crippen molar-refractivity contribution >= 4 is 15.8 Å². The quantitative estimate of drug-likeness (QED) is 0.703. The van der Waals surface area contributed by atoms with Gasteiger partial charge in [0.1, 0.15) is 24.0 Å². The van der Waals surface area contributed by atoms with Gasteiger partial charge in [-0.3, -0.25) is 0 Å². The van der Waals surface area contributed by atoms with Gasteiger partial charge in [0, 0.05) is 32.2 Å². The third-order valence-electron chi connectivity index (χ3n) is 4.32. The summed E-state index contributed by atoms with van der Waals surface area (Å²) in [6.45, 7) is 3.91. The van der Waals surface area contributed by atoms with Gasteiger partial charge in [-0.25, -0.2) is 13.4 Å². The number of benzene rings is 1. The van der Waals surface area contributed by atoms with Gasteiger partial charge in [-0.05, 0) is 19.1 Å². The lowest BCUT2D eigenvalue weighted by atomic mass is 10.3. The second-order valence-electron chi connectivity index (χ2n) is 6.18. The SMILES string of the molecule is COc1cc(N2CCN(S(=O)(=O)CCOc3ccccc3)CC2)nc(C)n1. The monoisotopic (exact) mass is 392 g/mol. The van der Waals surface area contributed by atoms with Crippen molar-refractivity contribution in [3.05, 3.63) is 42.2 Å². The topological polar surface area (TPSA) is 84.9 Å². The number of nitrogens with zero attached hydrogens (tertiary/aromatic N) is 4. The Morgan fingerprint density at radius 3 is 2.44 bits per heavy atom. The van der Waals surface area contributed by atoms with E-state index in [-0.39, 0.29) is 12.4 Å².